The van der Waals surface area contributed by atoms with E-state index in [2.05, 4.69) is 6.08 Å². The van der Waals surface area contributed by atoms with Crippen molar-refractivity contribution in [1.29, 1.82) is 0 Å². The number of allylic oxidation sites excluding steroid dienone is 2. The molecule has 0 fully saturated rings. The molecule has 0 saturated heterocycles. The van der Waals surface area contributed by atoms with Crippen LogP contribution in [0.2, 0.25) is 0 Å². The van der Waals surface area contributed by atoms with Crippen LogP contribution in [0.5, 0.6) is 0 Å². The van der Waals surface area contributed by atoms with E-state index in [1.165, 1.54) is 5.57 Å². The van der Waals surface area contributed by atoms with Gasteiger partial charge in [0, 0.05) is 6.42 Å². The molecule has 13 heavy (non-hydrogen) atoms. The first-order chi connectivity index (χ1) is 5.95. The van der Waals surface area contributed by atoms with Crippen LogP contribution >= 0.6 is 0 Å². The molecule has 1 N–H and O–H groups in total. The molecular formula is C11H20O2. The summed E-state index contributed by atoms with van der Waals surface area (Å²) in [6.07, 6.45) is 6.13. The third-order valence-electron chi connectivity index (χ3n) is 1.91. The smallest absolute Gasteiger partial charge is 0.120 e. The molecule has 0 amide bonds. The quantitative estimate of drug-likeness (QED) is 0.508. The first kappa shape index (κ1) is 12.4. The topological polar surface area (TPSA) is 37.3 Å². The minimum absolute atomic E-state index is 0.582. The Morgan fingerprint density at radius 3 is 2.46 bits per heavy atom. The second-order valence-corrected chi connectivity index (χ2v) is 4.11. The third kappa shape index (κ3) is 9.28. The van der Waals surface area contributed by atoms with Crippen LogP contribution in [0.25, 0.3) is 0 Å². The first-order valence-corrected chi connectivity index (χ1v) is 4.77. The molecule has 2 heteroatoms. The van der Waals surface area contributed by atoms with Crippen molar-refractivity contribution in [3.63, 3.8) is 0 Å². The Hall–Kier alpha value is -0.630. The van der Waals surface area contributed by atoms with Crippen molar-refractivity contribution >= 4 is 6.29 Å². The zero-order chi connectivity index (χ0) is 10.3. The van der Waals surface area contributed by atoms with Gasteiger partial charge < -0.3 is 9.90 Å². The molecular weight excluding hydrogens is 164 g/mol. The van der Waals surface area contributed by atoms with Crippen LogP contribution in [0.1, 0.15) is 46.5 Å². The van der Waals surface area contributed by atoms with Crippen LogP contribution in [0, 0.1) is 0 Å². The summed E-state index contributed by atoms with van der Waals surface area (Å²) in [7, 11) is 0. The highest BCUT2D eigenvalue weighted by Gasteiger charge is 2.09. The molecule has 0 aliphatic heterocycles. The number of hydrogen-bond acceptors (Lipinski definition) is 2. The van der Waals surface area contributed by atoms with Gasteiger partial charge in [-0.25, -0.2) is 0 Å². The van der Waals surface area contributed by atoms with Gasteiger partial charge in [-0.15, -0.1) is 0 Å². The Morgan fingerprint density at radius 2 is 2.00 bits per heavy atom. The average Bonchev–Trinajstić information content (AvgIpc) is 1.98. The Bertz CT molecular complexity index is 175. The van der Waals surface area contributed by atoms with E-state index in [0.29, 0.717) is 6.42 Å². The van der Waals surface area contributed by atoms with Gasteiger partial charge in [-0.1, -0.05) is 11.6 Å². The molecule has 0 bridgehead atoms. The van der Waals surface area contributed by atoms with E-state index in [0.717, 1.165) is 25.5 Å². The molecule has 0 unspecified atom stereocenters. The lowest BCUT2D eigenvalue weighted by Gasteiger charge is -2.15. The van der Waals surface area contributed by atoms with E-state index in [4.69, 9.17) is 0 Å². The molecule has 76 valence electrons. The maximum Gasteiger partial charge on any atom is 0.120 e. The second-order valence-electron chi connectivity index (χ2n) is 4.11. The van der Waals surface area contributed by atoms with Crippen LogP contribution in [-0.4, -0.2) is 17.0 Å². The minimum Gasteiger partial charge on any atom is -0.390 e. The molecule has 0 heterocycles. The number of rotatable bonds is 6. The highest BCUT2D eigenvalue weighted by molar-refractivity contribution is 5.49. The zero-order valence-corrected chi connectivity index (χ0v) is 8.84. The van der Waals surface area contributed by atoms with Crippen molar-refractivity contribution in [2.24, 2.45) is 0 Å². The van der Waals surface area contributed by atoms with Gasteiger partial charge in [0.15, 0.2) is 0 Å². The lowest BCUT2D eigenvalue weighted by Crippen LogP contribution is -2.17. The Labute approximate surface area is 80.7 Å². The average molecular weight is 184 g/mol. The van der Waals surface area contributed by atoms with Crippen molar-refractivity contribution in [2.75, 3.05) is 0 Å². The molecule has 0 radical (unpaired) electrons. The lowest BCUT2D eigenvalue weighted by atomic mass is 10.0. The predicted molar refractivity (Wildman–Crippen MR) is 54.6 cm³/mol. The number of carbonyl (C=O) groups excluding carboxylic acids is 1. The van der Waals surface area contributed by atoms with Crippen LogP contribution in [0.15, 0.2) is 11.6 Å². The van der Waals surface area contributed by atoms with Crippen molar-refractivity contribution in [3.05, 3.63) is 11.6 Å². The van der Waals surface area contributed by atoms with Crippen molar-refractivity contribution in [2.45, 2.75) is 52.1 Å². The van der Waals surface area contributed by atoms with Gasteiger partial charge in [-0.2, -0.15) is 0 Å². The molecule has 0 aromatic carbocycles. The van der Waals surface area contributed by atoms with E-state index in [1.807, 2.05) is 20.8 Å². The van der Waals surface area contributed by atoms with Crippen molar-refractivity contribution in [3.8, 4) is 0 Å². The van der Waals surface area contributed by atoms with Crippen LogP contribution < -0.4 is 0 Å². The van der Waals surface area contributed by atoms with E-state index in [1.54, 1.807) is 0 Å². The fraction of sp³-hybridized carbons (Fsp3) is 0.727. The van der Waals surface area contributed by atoms with Crippen molar-refractivity contribution < 1.29 is 9.90 Å². The molecule has 0 atom stereocenters. The highest BCUT2D eigenvalue weighted by Crippen LogP contribution is 2.12. The van der Waals surface area contributed by atoms with Gasteiger partial charge in [0.05, 0.1) is 5.60 Å². The van der Waals surface area contributed by atoms with E-state index in [9.17, 15) is 9.90 Å². The van der Waals surface area contributed by atoms with E-state index < -0.39 is 5.60 Å². The Kier molecular flexibility index (Phi) is 5.63. The van der Waals surface area contributed by atoms with Gasteiger partial charge in [-0.3, -0.25) is 0 Å². The molecule has 0 aliphatic rings. The summed E-state index contributed by atoms with van der Waals surface area (Å²) in [5.41, 5.74) is 0.651. The van der Waals surface area contributed by atoms with Crippen LogP contribution in [0.3, 0.4) is 0 Å². The standard InChI is InChI=1S/C11H20O2/c1-10(7-5-9-12)6-4-8-11(2,3)13/h6,9,13H,4-5,7-8H2,1-3H3/b10-6-. The largest absolute Gasteiger partial charge is 0.390 e. The van der Waals surface area contributed by atoms with Gasteiger partial charge in [0.25, 0.3) is 0 Å². The Morgan fingerprint density at radius 1 is 1.38 bits per heavy atom. The maximum absolute atomic E-state index is 10.1. The summed E-state index contributed by atoms with van der Waals surface area (Å²) in [6, 6.07) is 0. The molecule has 0 aromatic heterocycles. The van der Waals surface area contributed by atoms with E-state index >= 15 is 0 Å². The maximum atomic E-state index is 10.1. The molecule has 0 saturated carbocycles. The lowest BCUT2D eigenvalue weighted by molar-refractivity contribution is -0.107. The molecule has 0 spiro atoms. The van der Waals surface area contributed by atoms with E-state index in [-0.39, 0.29) is 0 Å². The van der Waals surface area contributed by atoms with Gasteiger partial charge in [-0.05, 0) is 40.0 Å². The fourth-order valence-corrected chi connectivity index (χ4v) is 1.06. The molecule has 0 aliphatic carbocycles. The fourth-order valence-electron chi connectivity index (χ4n) is 1.06. The third-order valence-corrected chi connectivity index (χ3v) is 1.91. The van der Waals surface area contributed by atoms with Crippen LogP contribution in [-0.2, 0) is 4.79 Å². The number of aldehydes is 1. The Balaban J connectivity index is 3.64. The molecule has 0 rings (SSSR count). The monoisotopic (exact) mass is 184 g/mol. The number of hydrogen-bond donors (Lipinski definition) is 1. The summed E-state index contributed by atoms with van der Waals surface area (Å²) in [6.45, 7) is 5.64. The summed E-state index contributed by atoms with van der Waals surface area (Å²) >= 11 is 0. The first-order valence-electron chi connectivity index (χ1n) is 4.77. The summed E-state index contributed by atoms with van der Waals surface area (Å²) in [5, 5.41) is 9.42. The SMILES string of the molecule is C/C(=C/CCC(C)(C)O)CCC=O. The summed E-state index contributed by atoms with van der Waals surface area (Å²) in [5.74, 6) is 0. The summed E-state index contributed by atoms with van der Waals surface area (Å²) in [4.78, 5) is 10.1. The zero-order valence-electron chi connectivity index (χ0n) is 8.84. The normalized spacial score (nSPS) is 13.1. The van der Waals surface area contributed by atoms with Crippen molar-refractivity contribution in [1.82, 2.24) is 0 Å². The number of aliphatic hydroxyl groups is 1. The second kappa shape index (κ2) is 5.92. The number of carbonyl (C=O) groups is 1. The molecule has 2 nitrogen and oxygen atoms in total. The minimum atomic E-state index is -0.582. The van der Waals surface area contributed by atoms with Gasteiger partial charge >= 0.3 is 0 Å². The van der Waals surface area contributed by atoms with Gasteiger partial charge in [0.1, 0.15) is 6.29 Å². The molecule has 0 aromatic rings. The highest BCUT2D eigenvalue weighted by atomic mass is 16.3. The summed E-state index contributed by atoms with van der Waals surface area (Å²) < 4.78 is 0. The predicted octanol–water partition coefficient (Wildman–Crippen LogP) is 2.46. The van der Waals surface area contributed by atoms with Gasteiger partial charge in [0.2, 0.25) is 0 Å². The van der Waals surface area contributed by atoms with Crippen LogP contribution in [0.4, 0.5) is 0 Å².